The third-order valence-electron chi connectivity index (χ3n) is 6.08. The van der Waals surface area contributed by atoms with Gasteiger partial charge in [-0.2, -0.15) is 9.97 Å². The highest BCUT2D eigenvalue weighted by molar-refractivity contribution is 6.29. The lowest BCUT2D eigenvalue weighted by atomic mass is 10.1. The van der Waals surface area contributed by atoms with Gasteiger partial charge in [-0.25, -0.2) is 27.5 Å². The molecule has 2 aromatic rings. The molecule has 9 nitrogen and oxygen atoms in total. The zero-order valence-electron chi connectivity index (χ0n) is 18.4. The third kappa shape index (κ3) is 5.36. The number of rotatable bonds is 7. The molecule has 2 fully saturated rings. The molecule has 188 valence electrons. The van der Waals surface area contributed by atoms with Crippen LogP contribution >= 0.6 is 11.6 Å². The second-order valence-electron chi connectivity index (χ2n) is 8.48. The second-order valence-corrected chi connectivity index (χ2v) is 8.82. The molecule has 0 unspecified atom stereocenters. The molecule has 2 aliphatic rings. The van der Waals surface area contributed by atoms with Gasteiger partial charge in [0.15, 0.2) is 11.6 Å². The molecule has 4 heterocycles. The molecule has 0 radical (unpaired) electrons. The van der Waals surface area contributed by atoms with Gasteiger partial charge in [-0.1, -0.05) is 0 Å². The number of aliphatic hydroxyl groups is 2. The van der Waals surface area contributed by atoms with Crippen LogP contribution in [0.2, 0.25) is 5.28 Å². The second kappa shape index (κ2) is 9.78. The van der Waals surface area contributed by atoms with E-state index in [-0.39, 0.29) is 112 Å². The van der Waals surface area contributed by atoms with E-state index in [1.807, 2.05) is 0 Å². The Hall–Kier alpha value is -2.25. The maximum absolute atomic E-state index is 13.8. The van der Waals surface area contributed by atoms with Gasteiger partial charge in [0.1, 0.15) is 11.0 Å². The van der Waals surface area contributed by atoms with Gasteiger partial charge in [0, 0.05) is 65.0 Å². The molecule has 0 saturated carbocycles. The molecule has 0 spiro atoms. The lowest BCUT2D eigenvalue weighted by Gasteiger charge is -2.35. The first-order valence-corrected chi connectivity index (χ1v) is 11.5. The molecule has 2 aromatic heterocycles. The Morgan fingerprint density at radius 1 is 0.735 bits per heavy atom. The van der Waals surface area contributed by atoms with Crippen LogP contribution in [0.15, 0.2) is 0 Å². The van der Waals surface area contributed by atoms with E-state index in [1.54, 1.807) is 14.7 Å². The summed E-state index contributed by atoms with van der Waals surface area (Å²) in [4.78, 5) is 22.5. The number of hydrogen-bond acceptors (Lipinski definition) is 9. The van der Waals surface area contributed by atoms with Crippen LogP contribution in [0.4, 0.5) is 35.1 Å². The minimum atomic E-state index is -2.78. The lowest BCUT2D eigenvalue weighted by Crippen LogP contribution is -2.41. The molecule has 2 aliphatic heterocycles. The first kappa shape index (κ1) is 24.9. The standard InChI is InChI=1S/C20H26ClF4N7O2/c21-17-26-13-14(15(28-17)30-5-1-19(22,23)2-6-30)27-18(32(9-11-33)10-12-34)29-16(13)31-7-3-20(24,25)4-8-31/h33-34H,1-12H2. The number of fused-ring (bicyclic) bond motifs is 1. The van der Waals surface area contributed by atoms with E-state index >= 15 is 0 Å². The predicted octanol–water partition coefficient (Wildman–Crippen LogP) is 2.34. The van der Waals surface area contributed by atoms with Gasteiger partial charge < -0.3 is 24.9 Å². The summed E-state index contributed by atoms with van der Waals surface area (Å²) in [5, 5.41) is 18.8. The van der Waals surface area contributed by atoms with Crippen LogP contribution in [0.25, 0.3) is 11.0 Å². The van der Waals surface area contributed by atoms with Gasteiger partial charge in [0.2, 0.25) is 11.2 Å². The Kier molecular flexibility index (Phi) is 7.15. The summed E-state index contributed by atoms with van der Waals surface area (Å²) in [5.41, 5.74) is 0.474. The molecule has 0 aliphatic carbocycles. The Morgan fingerprint density at radius 2 is 1.18 bits per heavy atom. The molecule has 0 atom stereocenters. The molecule has 4 rings (SSSR count). The number of aliphatic hydroxyl groups excluding tert-OH is 2. The Labute approximate surface area is 198 Å². The summed E-state index contributed by atoms with van der Waals surface area (Å²) in [6.45, 7) is -0.159. The zero-order chi connectivity index (χ0) is 24.5. The summed E-state index contributed by atoms with van der Waals surface area (Å²) in [5.74, 6) is -4.89. The Bertz CT molecular complexity index is 1010. The van der Waals surface area contributed by atoms with Crippen molar-refractivity contribution in [3.8, 4) is 0 Å². The SMILES string of the molecule is OCCN(CCO)c1nc(N2CCC(F)(F)CC2)c2nc(Cl)nc(N3CCC(F)(F)CC3)c2n1. The smallest absolute Gasteiger partial charge is 0.251 e. The van der Waals surface area contributed by atoms with E-state index in [0.29, 0.717) is 0 Å². The number of aromatic nitrogens is 4. The summed E-state index contributed by atoms with van der Waals surface area (Å²) in [6, 6.07) is 0. The van der Waals surface area contributed by atoms with Crippen molar-refractivity contribution in [3.63, 3.8) is 0 Å². The molecule has 0 bridgehead atoms. The first-order chi connectivity index (χ1) is 16.1. The number of piperidine rings is 2. The fraction of sp³-hybridized carbons (Fsp3) is 0.700. The zero-order valence-corrected chi connectivity index (χ0v) is 19.2. The van der Waals surface area contributed by atoms with E-state index in [0.717, 1.165) is 0 Å². The van der Waals surface area contributed by atoms with Crippen LogP contribution in [0, 0.1) is 0 Å². The van der Waals surface area contributed by atoms with Crippen molar-refractivity contribution in [2.75, 3.05) is 67.2 Å². The van der Waals surface area contributed by atoms with E-state index < -0.39 is 11.8 Å². The Morgan fingerprint density at radius 3 is 1.65 bits per heavy atom. The molecule has 0 amide bonds. The van der Waals surface area contributed by atoms with Crippen molar-refractivity contribution in [2.45, 2.75) is 37.5 Å². The average Bonchev–Trinajstić information content (AvgIpc) is 2.78. The van der Waals surface area contributed by atoms with Crippen LogP contribution in [0.3, 0.4) is 0 Å². The number of halogens is 5. The van der Waals surface area contributed by atoms with Crippen LogP contribution < -0.4 is 14.7 Å². The number of alkyl halides is 4. The fourth-order valence-corrected chi connectivity index (χ4v) is 4.34. The van der Waals surface area contributed by atoms with Crippen molar-refractivity contribution < 1.29 is 27.8 Å². The summed E-state index contributed by atoms with van der Waals surface area (Å²) in [7, 11) is 0. The minimum absolute atomic E-state index is 0.0193. The number of anilines is 3. The molecular weight excluding hydrogens is 482 g/mol. The van der Waals surface area contributed by atoms with Crippen molar-refractivity contribution in [3.05, 3.63) is 5.28 Å². The number of hydrogen-bond donors (Lipinski definition) is 2. The van der Waals surface area contributed by atoms with Gasteiger partial charge in [0.25, 0.3) is 11.8 Å². The van der Waals surface area contributed by atoms with E-state index in [2.05, 4.69) is 19.9 Å². The van der Waals surface area contributed by atoms with Crippen LogP contribution in [-0.4, -0.2) is 94.5 Å². The van der Waals surface area contributed by atoms with Crippen LogP contribution in [0.1, 0.15) is 25.7 Å². The molecule has 2 N–H and O–H groups in total. The van der Waals surface area contributed by atoms with Gasteiger partial charge in [-0.05, 0) is 11.6 Å². The van der Waals surface area contributed by atoms with Crippen molar-refractivity contribution >= 4 is 40.2 Å². The van der Waals surface area contributed by atoms with E-state index in [9.17, 15) is 27.8 Å². The normalized spacial score (nSPS) is 20.1. The largest absolute Gasteiger partial charge is 0.395 e. The van der Waals surface area contributed by atoms with E-state index in [4.69, 9.17) is 11.6 Å². The molecule has 14 heteroatoms. The highest BCUT2D eigenvalue weighted by atomic mass is 35.5. The minimum Gasteiger partial charge on any atom is -0.395 e. The van der Waals surface area contributed by atoms with Gasteiger partial charge >= 0.3 is 0 Å². The quantitative estimate of drug-likeness (QED) is 0.432. The molecule has 2 saturated heterocycles. The predicted molar refractivity (Wildman–Crippen MR) is 119 cm³/mol. The third-order valence-corrected chi connectivity index (χ3v) is 6.25. The van der Waals surface area contributed by atoms with Crippen molar-refractivity contribution in [2.24, 2.45) is 0 Å². The topological polar surface area (TPSA) is 102 Å². The maximum Gasteiger partial charge on any atom is 0.251 e. The Balaban J connectivity index is 1.84. The van der Waals surface area contributed by atoms with Crippen molar-refractivity contribution in [1.82, 2.24) is 19.9 Å². The highest BCUT2D eigenvalue weighted by Crippen LogP contribution is 2.37. The lowest BCUT2D eigenvalue weighted by molar-refractivity contribution is -0.0227. The number of nitrogens with zero attached hydrogens (tertiary/aromatic N) is 7. The van der Waals surface area contributed by atoms with Crippen molar-refractivity contribution in [1.29, 1.82) is 0 Å². The maximum atomic E-state index is 13.8. The molecular formula is C20H26ClF4N7O2. The van der Waals surface area contributed by atoms with Crippen LogP contribution in [0.5, 0.6) is 0 Å². The van der Waals surface area contributed by atoms with Gasteiger partial charge in [-0.3, -0.25) is 0 Å². The van der Waals surface area contributed by atoms with Gasteiger partial charge in [-0.15, -0.1) is 0 Å². The average molecular weight is 508 g/mol. The summed E-state index contributed by atoms with van der Waals surface area (Å²) < 4.78 is 55.1. The van der Waals surface area contributed by atoms with Gasteiger partial charge in [0.05, 0.1) is 13.2 Å². The molecule has 34 heavy (non-hydrogen) atoms. The van der Waals surface area contributed by atoms with E-state index in [1.165, 1.54) is 0 Å². The first-order valence-electron chi connectivity index (χ1n) is 11.1. The summed E-state index contributed by atoms with van der Waals surface area (Å²) >= 11 is 6.19. The fourth-order valence-electron chi connectivity index (χ4n) is 4.17. The summed E-state index contributed by atoms with van der Waals surface area (Å²) in [6.07, 6.45) is -1.44. The monoisotopic (exact) mass is 507 g/mol. The van der Waals surface area contributed by atoms with Crippen LogP contribution in [-0.2, 0) is 0 Å². The molecule has 0 aromatic carbocycles. The highest BCUT2D eigenvalue weighted by Gasteiger charge is 2.37.